The molecule has 20 heavy (non-hydrogen) atoms. The van der Waals surface area contributed by atoms with Crippen molar-refractivity contribution in [3.05, 3.63) is 52.8 Å². The Labute approximate surface area is 116 Å². The summed E-state index contributed by atoms with van der Waals surface area (Å²) in [6.45, 7) is 3.86. The van der Waals surface area contributed by atoms with E-state index in [1.807, 2.05) is 32.0 Å². The third-order valence-corrected chi connectivity index (χ3v) is 2.87. The van der Waals surface area contributed by atoms with Crippen LogP contribution in [0.2, 0.25) is 0 Å². The Morgan fingerprint density at radius 2 is 1.75 bits per heavy atom. The highest BCUT2D eigenvalue weighted by molar-refractivity contribution is 5.95. The quantitative estimate of drug-likeness (QED) is 0.749. The van der Waals surface area contributed by atoms with Crippen LogP contribution >= 0.6 is 0 Å². The number of anilines is 3. The van der Waals surface area contributed by atoms with Crippen LogP contribution in [0.15, 0.2) is 30.3 Å². The molecule has 0 aliphatic carbocycles. The van der Waals surface area contributed by atoms with Gasteiger partial charge in [0, 0.05) is 11.4 Å². The normalized spacial score (nSPS) is 10.3. The van der Waals surface area contributed by atoms with E-state index < -0.39 is 11.8 Å². The molecule has 5 heteroatoms. The molecule has 0 saturated carbocycles. The third-order valence-electron chi connectivity index (χ3n) is 2.87. The third kappa shape index (κ3) is 2.88. The summed E-state index contributed by atoms with van der Waals surface area (Å²) in [4.78, 5) is 11.0. The predicted molar refractivity (Wildman–Crippen MR) is 77.0 cm³/mol. The van der Waals surface area contributed by atoms with Crippen LogP contribution in [0.1, 0.15) is 21.5 Å². The summed E-state index contributed by atoms with van der Waals surface area (Å²) in [6.07, 6.45) is 0. The summed E-state index contributed by atoms with van der Waals surface area (Å²) < 4.78 is 13.8. The zero-order valence-corrected chi connectivity index (χ0v) is 11.2. The van der Waals surface area contributed by atoms with Gasteiger partial charge in [-0.1, -0.05) is 6.07 Å². The van der Waals surface area contributed by atoms with Gasteiger partial charge in [-0.15, -0.1) is 0 Å². The minimum Gasteiger partial charge on any atom is -0.478 e. The number of nitrogen functional groups attached to an aromatic ring is 1. The summed E-state index contributed by atoms with van der Waals surface area (Å²) in [5.41, 5.74) is 8.10. The molecular weight excluding hydrogens is 259 g/mol. The highest BCUT2D eigenvalue weighted by Gasteiger charge is 2.13. The van der Waals surface area contributed by atoms with Crippen LogP contribution < -0.4 is 11.1 Å². The first-order valence-electron chi connectivity index (χ1n) is 6.04. The van der Waals surface area contributed by atoms with Crippen LogP contribution in [0.3, 0.4) is 0 Å². The number of hydrogen-bond donors (Lipinski definition) is 3. The minimum absolute atomic E-state index is 0.0848. The molecule has 0 radical (unpaired) electrons. The first kappa shape index (κ1) is 13.9. The molecule has 0 unspecified atom stereocenters. The molecule has 0 amide bonds. The lowest BCUT2D eigenvalue weighted by atomic mass is 10.1. The van der Waals surface area contributed by atoms with Crippen molar-refractivity contribution in [3.8, 4) is 0 Å². The largest absolute Gasteiger partial charge is 0.478 e. The Kier molecular flexibility index (Phi) is 3.61. The van der Waals surface area contributed by atoms with Crippen molar-refractivity contribution >= 4 is 23.0 Å². The van der Waals surface area contributed by atoms with Crippen molar-refractivity contribution in [3.63, 3.8) is 0 Å². The average Bonchev–Trinajstić information content (AvgIpc) is 2.30. The molecule has 0 aliphatic heterocycles. The number of carboxylic acids is 1. The van der Waals surface area contributed by atoms with Crippen LogP contribution in [0.4, 0.5) is 21.5 Å². The summed E-state index contributed by atoms with van der Waals surface area (Å²) in [5.74, 6) is -1.78. The number of aromatic carboxylic acids is 1. The van der Waals surface area contributed by atoms with E-state index in [0.29, 0.717) is 5.69 Å². The molecule has 0 bridgehead atoms. The lowest BCUT2D eigenvalue weighted by molar-refractivity contribution is 0.0698. The van der Waals surface area contributed by atoms with Gasteiger partial charge in [-0.3, -0.25) is 0 Å². The second-order valence-corrected chi connectivity index (χ2v) is 4.73. The molecule has 4 nitrogen and oxygen atoms in total. The van der Waals surface area contributed by atoms with E-state index in [2.05, 4.69) is 5.32 Å². The van der Waals surface area contributed by atoms with Crippen LogP contribution in [-0.2, 0) is 0 Å². The van der Waals surface area contributed by atoms with Crippen molar-refractivity contribution in [2.75, 3.05) is 11.1 Å². The topological polar surface area (TPSA) is 75.3 Å². The predicted octanol–water partition coefficient (Wildman–Crippen LogP) is 3.47. The molecule has 2 aromatic carbocycles. The second-order valence-electron chi connectivity index (χ2n) is 4.73. The fraction of sp³-hybridized carbons (Fsp3) is 0.133. The molecule has 4 N–H and O–H groups in total. The lowest BCUT2D eigenvalue weighted by Gasteiger charge is -2.11. The maximum atomic E-state index is 13.8. The highest BCUT2D eigenvalue weighted by atomic mass is 19.1. The van der Waals surface area contributed by atoms with E-state index in [4.69, 9.17) is 10.8 Å². The van der Waals surface area contributed by atoms with Crippen LogP contribution in [0, 0.1) is 19.7 Å². The average molecular weight is 274 g/mol. The summed E-state index contributed by atoms with van der Waals surface area (Å²) in [7, 11) is 0. The summed E-state index contributed by atoms with van der Waals surface area (Å²) in [6, 6.07) is 7.90. The lowest BCUT2D eigenvalue weighted by Crippen LogP contribution is -2.05. The first-order valence-corrected chi connectivity index (χ1v) is 6.04. The van der Waals surface area contributed by atoms with Gasteiger partial charge in [0.05, 0.1) is 11.3 Å². The van der Waals surface area contributed by atoms with Gasteiger partial charge in [-0.2, -0.15) is 0 Å². The van der Waals surface area contributed by atoms with Crippen molar-refractivity contribution < 1.29 is 14.3 Å². The Morgan fingerprint density at radius 1 is 1.15 bits per heavy atom. The van der Waals surface area contributed by atoms with Gasteiger partial charge in [-0.05, 0) is 49.2 Å². The first-order chi connectivity index (χ1) is 9.36. The van der Waals surface area contributed by atoms with Crippen LogP contribution in [-0.4, -0.2) is 11.1 Å². The number of hydrogen-bond acceptors (Lipinski definition) is 3. The Balaban J connectivity index is 2.42. The molecule has 0 spiro atoms. The van der Waals surface area contributed by atoms with Gasteiger partial charge in [0.2, 0.25) is 0 Å². The van der Waals surface area contributed by atoms with E-state index in [9.17, 15) is 9.18 Å². The van der Waals surface area contributed by atoms with Gasteiger partial charge >= 0.3 is 5.97 Å². The molecule has 0 aliphatic rings. The highest BCUT2D eigenvalue weighted by Crippen LogP contribution is 2.26. The molecule has 0 fully saturated rings. The molecule has 0 aromatic heterocycles. The maximum Gasteiger partial charge on any atom is 0.337 e. The van der Waals surface area contributed by atoms with E-state index in [0.717, 1.165) is 17.2 Å². The Morgan fingerprint density at radius 3 is 2.30 bits per heavy atom. The van der Waals surface area contributed by atoms with Gasteiger partial charge in [0.1, 0.15) is 5.82 Å². The maximum absolute atomic E-state index is 13.8. The number of benzene rings is 2. The standard InChI is InChI=1S/C15H15FN2O2/c1-8-3-9(2)5-10(4-8)18-14-6-11(15(19)20)13(17)7-12(14)16/h3-7,18H,17H2,1-2H3,(H,19,20). The Bertz CT molecular complexity index is 664. The fourth-order valence-electron chi connectivity index (χ4n) is 2.07. The smallest absolute Gasteiger partial charge is 0.337 e. The SMILES string of the molecule is Cc1cc(C)cc(Nc2cc(C(=O)O)c(N)cc2F)c1. The van der Waals surface area contributed by atoms with Crippen molar-refractivity contribution in [1.29, 1.82) is 0 Å². The molecule has 0 atom stereocenters. The fourth-order valence-corrected chi connectivity index (χ4v) is 2.07. The monoisotopic (exact) mass is 274 g/mol. The minimum atomic E-state index is -1.19. The van der Waals surface area contributed by atoms with Gasteiger partial charge < -0.3 is 16.2 Å². The number of rotatable bonds is 3. The molecule has 104 valence electrons. The van der Waals surface area contributed by atoms with Crippen molar-refractivity contribution in [2.45, 2.75) is 13.8 Å². The van der Waals surface area contributed by atoms with Crippen molar-refractivity contribution in [2.24, 2.45) is 0 Å². The second kappa shape index (κ2) is 5.21. The van der Waals surface area contributed by atoms with Gasteiger partial charge in [0.25, 0.3) is 0 Å². The number of aryl methyl sites for hydroxylation is 2. The van der Waals surface area contributed by atoms with E-state index in [1.54, 1.807) is 0 Å². The van der Waals surface area contributed by atoms with E-state index >= 15 is 0 Å². The number of carboxylic acid groups (broad SMARTS) is 1. The summed E-state index contributed by atoms with van der Waals surface area (Å²) >= 11 is 0. The number of halogens is 1. The zero-order valence-electron chi connectivity index (χ0n) is 11.2. The summed E-state index contributed by atoms with van der Waals surface area (Å²) in [5, 5.41) is 11.9. The van der Waals surface area contributed by atoms with Crippen LogP contribution in [0.5, 0.6) is 0 Å². The van der Waals surface area contributed by atoms with Crippen molar-refractivity contribution in [1.82, 2.24) is 0 Å². The number of nitrogens with one attached hydrogen (secondary N) is 1. The number of carbonyl (C=O) groups is 1. The van der Waals surface area contributed by atoms with Crippen LogP contribution in [0.25, 0.3) is 0 Å². The Hall–Kier alpha value is -2.56. The van der Waals surface area contributed by atoms with Gasteiger partial charge in [0.15, 0.2) is 0 Å². The molecule has 2 rings (SSSR count). The molecule has 0 saturated heterocycles. The zero-order chi connectivity index (χ0) is 14.9. The molecular formula is C15H15FN2O2. The molecule has 0 heterocycles. The van der Waals surface area contributed by atoms with Gasteiger partial charge in [-0.25, -0.2) is 9.18 Å². The van der Waals surface area contributed by atoms with E-state index in [1.165, 1.54) is 6.07 Å². The number of nitrogens with two attached hydrogens (primary N) is 1. The van der Waals surface area contributed by atoms with E-state index in [-0.39, 0.29) is 16.9 Å². The molecule has 2 aromatic rings.